The monoisotopic (exact) mass is 248 g/mol. The van der Waals surface area contributed by atoms with Gasteiger partial charge in [-0.3, -0.25) is 9.59 Å². The molecule has 0 heterocycles. The standard InChI is InChI=1S/C10H20N2O3S/c1-7(2)12(3)9(13)6-16-5-4-8(11)10(14)15/h7-8H,4-6,11H2,1-3H3,(H,14,15). The molecule has 0 saturated carbocycles. The lowest BCUT2D eigenvalue weighted by Gasteiger charge is -2.21. The maximum atomic E-state index is 11.5. The molecular weight excluding hydrogens is 228 g/mol. The van der Waals surface area contributed by atoms with Crippen LogP contribution in [0.15, 0.2) is 0 Å². The van der Waals surface area contributed by atoms with E-state index in [9.17, 15) is 9.59 Å². The van der Waals surface area contributed by atoms with Crippen molar-refractivity contribution in [3.05, 3.63) is 0 Å². The Labute approximate surface area is 100 Å². The number of amides is 1. The van der Waals surface area contributed by atoms with E-state index in [1.807, 2.05) is 13.8 Å². The zero-order valence-corrected chi connectivity index (χ0v) is 10.8. The molecule has 0 aromatic rings. The molecule has 94 valence electrons. The van der Waals surface area contributed by atoms with Crippen LogP contribution in [0, 0.1) is 0 Å². The van der Waals surface area contributed by atoms with Crippen molar-refractivity contribution in [2.24, 2.45) is 5.73 Å². The minimum Gasteiger partial charge on any atom is -0.480 e. The zero-order chi connectivity index (χ0) is 12.7. The molecule has 0 bridgehead atoms. The van der Waals surface area contributed by atoms with Crippen molar-refractivity contribution in [1.29, 1.82) is 0 Å². The number of aliphatic carboxylic acids is 1. The van der Waals surface area contributed by atoms with Crippen LogP contribution in [0.1, 0.15) is 20.3 Å². The van der Waals surface area contributed by atoms with Gasteiger partial charge in [-0.15, -0.1) is 0 Å². The fourth-order valence-electron chi connectivity index (χ4n) is 0.883. The van der Waals surface area contributed by atoms with E-state index in [1.54, 1.807) is 11.9 Å². The minimum absolute atomic E-state index is 0.0592. The third-order valence-corrected chi connectivity index (χ3v) is 3.26. The fraction of sp³-hybridized carbons (Fsp3) is 0.800. The molecule has 0 spiro atoms. The Morgan fingerprint density at radius 3 is 2.44 bits per heavy atom. The van der Waals surface area contributed by atoms with Gasteiger partial charge in [0.1, 0.15) is 6.04 Å². The quantitative estimate of drug-likeness (QED) is 0.637. The fourth-order valence-corrected chi connectivity index (χ4v) is 1.83. The molecule has 1 unspecified atom stereocenters. The lowest BCUT2D eigenvalue weighted by atomic mass is 10.2. The number of nitrogens with two attached hydrogens (primary N) is 1. The largest absolute Gasteiger partial charge is 0.480 e. The lowest BCUT2D eigenvalue weighted by Crippen LogP contribution is -2.34. The van der Waals surface area contributed by atoms with Crippen LogP contribution in [0.25, 0.3) is 0 Å². The van der Waals surface area contributed by atoms with E-state index in [1.165, 1.54) is 11.8 Å². The summed E-state index contributed by atoms with van der Waals surface area (Å²) in [5, 5.41) is 8.54. The summed E-state index contributed by atoms with van der Waals surface area (Å²) in [6, 6.07) is -0.639. The molecule has 0 aromatic carbocycles. The summed E-state index contributed by atoms with van der Waals surface area (Å²) in [7, 11) is 1.76. The normalized spacial score (nSPS) is 12.6. The topological polar surface area (TPSA) is 83.6 Å². The van der Waals surface area contributed by atoms with E-state index in [-0.39, 0.29) is 11.9 Å². The molecule has 0 aliphatic heterocycles. The number of hydrogen-bond donors (Lipinski definition) is 2. The first-order valence-electron chi connectivity index (χ1n) is 5.18. The summed E-state index contributed by atoms with van der Waals surface area (Å²) in [5.41, 5.74) is 5.33. The molecule has 16 heavy (non-hydrogen) atoms. The summed E-state index contributed by atoms with van der Waals surface area (Å²) < 4.78 is 0. The van der Waals surface area contributed by atoms with Gasteiger partial charge in [-0.05, 0) is 26.0 Å². The van der Waals surface area contributed by atoms with Gasteiger partial charge in [0.2, 0.25) is 5.91 Å². The van der Waals surface area contributed by atoms with Crippen LogP contribution in [0.4, 0.5) is 0 Å². The van der Waals surface area contributed by atoms with Crippen LogP contribution < -0.4 is 5.73 Å². The number of carbonyl (C=O) groups is 2. The second kappa shape index (κ2) is 7.51. The third-order valence-electron chi connectivity index (χ3n) is 2.28. The molecular formula is C10H20N2O3S. The predicted octanol–water partition coefficient (Wildman–Crippen LogP) is 0.388. The van der Waals surface area contributed by atoms with Crippen LogP contribution in [0.5, 0.6) is 0 Å². The zero-order valence-electron chi connectivity index (χ0n) is 9.97. The second-order valence-electron chi connectivity index (χ2n) is 3.88. The number of nitrogens with zero attached hydrogens (tertiary/aromatic N) is 1. The molecule has 1 atom stereocenters. The van der Waals surface area contributed by atoms with Crippen LogP contribution in [-0.4, -0.2) is 52.5 Å². The molecule has 1 amide bonds. The molecule has 0 radical (unpaired) electrons. The van der Waals surface area contributed by atoms with Gasteiger partial charge >= 0.3 is 5.97 Å². The van der Waals surface area contributed by atoms with Crippen molar-refractivity contribution in [2.45, 2.75) is 32.4 Å². The highest BCUT2D eigenvalue weighted by molar-refractivity contribution is 7.99. The maximum absolute atomic E-state index is 11.5. The summed E-state index contributed by atoms with van der Waals surface area (Å²) in [6.45, 7) is 3.89. The van der Waals surface area contributed by atoms with Gasteiger partial charge in [-0.25, -0.2) is 0 Å². The van der Waals surface area contributed by atoms with Crippen LogP contribution >= 0.6 is 11.8 Å². The molecule has 6 heteroatoms. The first kappa shape index (κ1) is 15.2. The predicted molar refractivity (Wildman–Crippen MR) is 65.5 cm³/mol. The molecule has 3 N–H and O–H groups in total. The molecule has 0 aliphatic rings. The van der Waals surface area contributed by atoms with Gasteiger partial charge in [0.15, 0.2) is 0 Å². The van der Waals surface area contributed by atoms with Crippen molar-refractivity contribution in [2.75, 3.05) is 18.6 Å². The number of carboxylic acid groups (broad SMARTS) is 1. The van der Waals surface area contributed by atoms with Crippen LogP contribution in [0.3, 0.4) is 0 Å². The molecule has 0 rings (SSSR count). The van der Waals surface area contributed by atoms with E-state index in [4.69, 9.17) is 10.8 Å². The molecule has 5 nitrogen and oxygen atoms in total. The van der Waals surface area contributed by atoms with Crippen molar-refractivity contribution < 1.29 is 14.7 Å². The lowest BCUT2D eigenvalue weighted by molar-refractivity contribution is -0.138. The van der Waals surface area contributed by atoms with E-state index in [0.29, 0.717) is 17.9 Å². The third kappa shape index (κ3) is 5.97. The summed E-state index contributed by atoms with van der Waals surface area (Å²) in [5.74, 6) is 0.0294. The van der Waals surface area contributed by atoms with Gasteiger partial charge in [0.25, 0.3) is 0 Å². The summed E-state index contributed by atoms with van der Waals surface area (Å²) >= 11 is 1.42. The first-order valence-corrected chi connectivity index (χ1v) is 6.33. The number of hydrogen-bond acceptors (Lipinski definition) is 4. The van der Waals surface area contributed by atoms with Crippen LogP contribution in [-0.2, 0) is 9.59 Å². The number of rotatable bonds is 7. The Bertz CT molecular complexity index is 246. The first-order chi connectivity index (χ1) is 7.36. The van der Waals surface area contributed by atoms with Crippen molar-refractivity contribution in [3.8, 4) is 0 Å². The van der Waals surface area contributed by atoms with Crippen molar-refractivity contribution >= 4 is 23.6 Å². The summed E-state index contributed by atoms with van der Waals surface area (Å²) in [6.07, 6.45) is 0.388. The van der Waals surface area contributed by atoms with Crippen molar-refractivity contribution in [1.82, 2.24) is 4.90 Å². The number of thioether (sulfide) groups is 1. The highest BCUT2D eigenvalue weighted by Gasteiger charge is 2.13. The van der Waals surface area contributed by atoms with Gasteiger partial charge in [-0.1, -0.05) is 0 Å². The minimum atomic E-state index is -0.994. The van der Waals surface area contributed by atoms with Crippen LogP contribution in [0.2, 0.25) is 0 Å². The number of carboxylic acids is 1. The van der Waals surface area contributed by atoms with E-state index >= 15 is 0 Å². The van der Waals surface area contributed by atoms with E-state index < -0.39 is 12.0 Å². The molecule has 0 fully saturated rings. The smallest absolute Gasteiger partial charge is 0.320 e. The second-order valence-corrected chi connectivity index (χ2v) is 4.99. The highest BCUT2D eigenvalue weighted by Crippen LogP contribution is 2.07. The summed E-state index contributed by atoms with van der Waals surface area (Å²) in [4.78, 5) is 23.6. The Balaban J connectivity index is 3.67. The number of carbonyl (C=O) groups excluding carboxylic acids is 1. The molecule has 0 saturated heterocycles. The van der Waals surface area contributed by atoms with Gasteiger partial charge in [0, 0.05) is 13.1 Å². The average Bonchev–Trinajstić information content (AvgIpc) is 2.22. The van der Waals surface area contributed by atoms with Gasteiger partial charge < -0.3 is 15.7 Å². The van der Waals surface area contributed by atoms with Gasteiger partial charge in [-0.2, -0.15) is 11.8 Å². The Morgan fingerprint density at radius 2 is 2.00 bits per heavy atom. The molecule has 0 aliphatic carbocycles. The van der Waals surface area contributed by atoms with Gasteiger partial charge in [0.05, 0.1) is 5.75 Å². The SMILES string of the molecule is CC(C)N(C)C(=O)CSCCC(N)C(=O)O. The Kier molecular flexibility index (Phi) is 7.16. The highest BCUT2D eigenvalue weighted by atomic mass is 32.2. The Morgan fingerprint density at radius 1 is 1.44 bits per heavy atom. The maximum Gasteiger partial charge on any atom is 0.320 e. The average molecular weight is 248 g/mol. The molecule has 0 aromatic heterocycles. The van der Waals surface area contributed by atoms with E-state index in [2.05, 4.69) is 0 Å². The van der Waals surface area contributed by atoms with E-state index in [0.717, 1.165) is 0 Å². The Hall–Kier alpha value is -0.750. The van der Waals surface area contributed by atoms with Crippen molar-refractivity contribution in [3.63, 3.8) is 0 Å².